The fourth-order valence-electron chi connectivity index (χ4n) is 2.67. The number of anilines is 2. The molecule has 1 aromatic carbocycles. The summed E-state index contributed by atoms with van der Waals surface area (Å²) >= 11 is 3.46. The van der Waals surface area contributed by atoms with Gasteiger partial charge in [-0.2, -0.15) is 0 Å². The standard InChI is InChI=1S/C18H21BrN4O/c1-13-11-15(4-5-16(13)19)21-18(24)14-3-6-17(20-12-14)23-9-7-22(2)8-10-23/h3-6,11-12H,7-10H2,1-2H3,(H,21,24). The Balaban J connectivity index is 1.66. The molecule has 2 heterocycles. The zero-order chi connectivity index (χ0) is 17.1. The van der Waals surface area contributed by atoms with Crippen molar-refractivity contribution in [2.24, 2.45) is 0 Å². The zero-order valence-electron chi connectivity index (χ0n) is 13.9. The van der Waals surface area contributed by atoms with Crippen molar-refractivity contribution in [3.05, 3.63) is 52.1 Å². The maximum atomic E-state index is 12.4. The van der Waals surface area contributed by atoms with Gasteiger partial charge in [-0.15, -0.1) is 0 Å². The fourth-order valence-corrected chi connectivity index (χ4v) is 2.92. The number of hydrogen-bond acceptors (Lipinski definition) is 4. The minimum absolute atomic E-state index is 0.144. The van der Waals surface area contributed by atoms with Crippen LogP contribution in [-0.2, 0) is 0 Å². The first-order chi connectivity index (χ1) is 11.5. The van der Waals surface area contributed by atoms with E-state index in [0.717, 1.165) is 47.7 Å². The highest BCUT2D eigenvalue weighted by Crippen LogP contribution is 2.21. The molecule has 1 aliphatic heterocycles. The van der Waals surface area contributed by atoms with E-state index in [1.807, 2.05) is 37.3 Å². The molecule has 1 aromatic heterocycles. The Morgan fingerprint density at radius 2 is 1.92 bits per heavy atom. The van der Waals surface area contributed by atoms with Gasteiger partial charge in [-0.05, 0) is 49.9 Å². The monoisotopic (exact) mass is 388 g/mol. The Morgan fingerprint density at radius 3 is 2.54 bits per heavy atom. The molecule has 126 valence electrons. The molecular formula is C18H21BrN4O. The number of nitrogens with zero attached hydrogens (tertiary/aromatic N) is 3. The summed E-state index contributed by atoms with van der Waals surface area (Å²) in [5, 5.41) is 2.91. The molecule has 1 N–H and O–H groups in total. The molecule has 5 nitrogen and oxygen atoms in total. The molecule has 0 atom stereocenters. The summed E-state index contributed by atoms with van der Waals surface area (Å²) in [5.41, 5.74) is 2.42. The highest BCUT2D eigenvalue weighted by molar-refractivity contribution is 9.10. The van der Waals surface area contributed by atoms with Gasteiger partial charge in [-0.1, -0.05) is 15.9 Å². The van der Waals surface area contributed by atoms with E-state index in [-0.39, 0.29) is 5.91 Å². The van der Waals surface area contributed by atoms with Crippen LogP contribution in [0.25, 0.3) is 0 Å². The molecule has 1 fully saturated rings. The maximum Gasteiger partial charge on any atom is 0.257 e. The third-order valence-corrected chi connectivity index (χ3v) is 5.14. The number of benzene rings is 1. The number of carbonyl (C=O) groups excluding carboxylic acids is 1. The summed E-state index contributed by atoms with van der Waals surface area (Å²) in [6.45, 7) is 5.99. The molecule has 1 amide bonds. The van der Waals surface area contributed by atoms with E-state index in [2.05, 4.69) is 43.1 Å². The lowest BCUT2D eigenvalue weighted by atomic mass is 10.2. The van der Waals surface area contributed by atoms with Gasteiger partial charge in [0.15, 0.2) is 0 Å². The fraction of sp³-hybridized carbons (Fsp3) is 0.333. The van der Waals surface area contributed by atoms with Crippen LogP contribution in [0.1, 0.15) is 15.9 Å². The van der Waals surface area contributed by atoms with E-state index in [4.69, 9.17) is 0 Å². The third-order valence-electron chi connectivity index (χ3n) is 4.25. The second kappa shape index (κ2) is 7.32. The summed E-state index contributed by atoms with van der Waals surface area (Å²) < 4.78 is 1.03. The van der Waals surface area contributed by atoms with Crippen molar-refractivity contribution in [1.29, 1.82) is 0 Å². The summed E-state index contributed by atoms with van der Waals surface area (Å²) in [6, 6.07) is 9.50. The number of nitrogens with one attached hydrogen (secondary N) is 1. The van der Waals surface area contributed by atoms with Gasteiger partial charge in [-0.25, -0.2) is 4.98 Å². The lowest BCUT2D eigenvalue weighted by Gasteiger charge is -2.33. The van der Waals surface area contributed by atoms with Gasteiger partial charge in [0.05, 0.1) is 5.56 Å². The predicted octanol–water partition coefficient (Wildman–Crippen LogP) is 3.16. The molecule has 0 saturated carbocycles. The van der Waals surface area contributed by atoms with Crippen LogP contribution in [0.3, 0.4) is 0 Å². The Labute approximate surface area is 150 Å². The van der Waals surface area contributed by atoms with Crippen LogP contribution in [-0.4, -0.2) is 49.0 Å². The maximum absolute atomic E-state index is 12.4. The van der Waals surface area contributed by atoms with Crippen molar-refractivity contribution < 1.29 is 4.79 Å². The Hall–Kier alpha value is -1.92. The molecule has 0 bridgehead atoms. The number of pyridine rings is 1. The molecule has 0 unspecified atom stereocenters. The first kappa shape index (κ1) is 16.9. The van der Waals surface area contributed by atoms with E-state index in [0.29, 0.717) is 5.56 Å². The Kier molecular flexibility index (Phi) is 5.16. The molecule has 1 aliphatic rings. The molecule has 3 rings (SSSR count). The number of amides is 1. The topological polar surface area (TPSA) is 48.5 Å². The highest BCUT2D eigenvalue weighted by Gasteiger charge is 2.16. The van der Waals surface area contributed by atoms with Crippen molar-refractivity contribution >= 4 is 33.3 Å². The van der Waals surface area contributed by atoms with Crippen LogP contribution in [0.4, 0.5) is 11.5 Å². The van der Waals surface area contributed by atoms with Crippen LogP contribution in [0.15, 0.2) is 41.0 Å². The quantitative estimate of drug-likeness (QED) is 0.876. The summed E-state index contributed by atoms with van der Waals surface area (Å²) in [7, 11) is 2.13. The SMILES string of the molecule is Cc1cc(NC(=O)c2ccc(N3CCN(C)CC3)nc2)ccc1Br. The molecule has 24 heavy (non-hydrogen) atoms. The zero-order valence-corrected chi connectivity index (χ0v) is 15.5. The molecular weight excluding hydrogens is 368 g/mol. The van der Waals surface area contributed by atoms with Gasteiger partial charge in [0.2, 0.25) is 0 Å². The minimum Gasteiger partial charge on any atom is -0.354 e. The lowest BCUT2D eigenvalue weighted by Crippen LogP contribution is -2.44. The second-order valence-electron chi connectivity index (χ2n) is 6.11. The van der Waals surface area contributed by atoms with E-state index >= 15 is 0 Å². The number of carbonyl (C=O) groups is 1. The summed E-state index contributed by atoms with van der Waals surface area (Å²) in [4.78, 5) is 21.4. The second-order valence-corrected chi connectivity index (χ2v) is 6.97. The summed E-state index contributed by atoms with van der Waals surface area (Å²) in [5.74, 6) is 0.785. The van der Waals surface area contributed by atoms with Crippen LogP contribution in [0, 0.1) is 6.92 Å². The number of aryl methyl sites for hydroxylation is 1. The van der Waals surface area contributed by atoms with Gasteiger partial charge in [-0.3, -0.25) is 4.79 Å². The normalized spacial score (nSPS) is 15.4. The molecule has 1 saturated heterocycles. The van der Waals surface area contributed by atoms with Gasteiger partial charge >= 0.3 is 0 Å². The van der Waals surface area contributed by atoms with Crippen molar-refractivity contribution in [2.75, 3.05) is 43.4 Å². The van der Waals surface area contributed by atoms with Gasteiger partial charge in [0.25, 0.3) is 5.91 Å². The van der Waals surface area contributed by atoms with Gasteiger partial charge in [0, 0.05) is 42.5 Å². The van der Waals surface area contributed by atoms with Gasteiger partial charge in [0.1, 0.15) is 5.82 Å². The van der Waals surface area contributed by atoms with E-state index in [1.165, 1.54) is 0 Å². The summed E-state index contributed by atoms with van der Waals surface area (Å²) in [6.07, 6.45) is 1.65. The predicted molar refractivity (Wildman–Crippen MR) is 101 cm³/mol. The largest absolute Gasteiger partial charge is 0.354 e. The molecule has 2 aromatic rings. The number of halogens is 1. The first-order valence-electron chi connectivity index (χ1n) is 8.00. The number of piperazine rings is 1. The lowest BCUT2D eigenvalue weighted by molar-refractivity contribution is 0.102. The molecule has 0 radical (unpaired) electrons. The first-order valence-corrected chi connectivity index (χ1v) is 8.79. The highest BCUT2D eigenvalue weighted by atomic mass is 79.9. The smallest absolute Gasteiger partial charge is 0.257 e. The number of hydrogen-bond donors (Lipinski definition) is 1. The number of aromatic nitrogens is 1. The Morgan fingerprint density at radius 1 is 1.17 bits per heavy atom. The van der Waals surface area contributed by atoms with Crippen molar-refractivity contribution in [3.63, 3.8) is 0 Å². The number of likely N-dealkylation sites (N-methyl/N-ethyl adjacent to an activating group) is 1. The molecule has 0 spiro atoms. The average Bonchev–Trinajstić information content (AvgIpc) is 2.59. The Bertz CT molecular complexity index is 724. The van der Waals surface area contributed by atoms with Crippen molar-refractivity contribution in [2.45, 2.75) is 6.92 Å². The average molecular weight is 389 g/mol. The van der Waals surface area contributed by atoms with Crippen LogP contribution < -0.4 is 10.2 Å². The van der Waals surface area contributed by atoms with Crippen molar-refractivity contribution in [3.8, 4) is 0 Å². The van der Waals surface area contributed by atoms with Crippen LogP contribution >= 0.6 is 15.9 Å². The molecule has 6 heteroatoms. The third kappa shape index (κ3) is 3.94. The van der Waals surface area contributed by atoms with Gasteiger partial charge < -0.3 is 15.1 Å². The van der Waals surface area contributed by atoms with Crippen molar-refractivity contribution in [1.82, 2.24) is 9.88 Å². The van der Waals surface area contributed by atoms with E-state index in [9.17, 15) is 4.79 Å². The van der Waals surface area contributed by atoms with E-state index < -0.39 is 0 Å². The number of rotatable bonds is 3. The van der Waals surface area contributed by atoms with Crippen LogP contribution in [0.2, 0.25) is 0 Å². The minimum atomic E-state index is -0.144. The van der Waals surface area contributed by atoms with E-state index in [1.54, 1.807) is 6.20 Å². The molecule has 0 aliphatic carbocycles. The van der Waals surface area contributed by atoms with Crippen LogP contribution in [0.5, 0.6) is 0 Å².